The van der Waals surface area contributed by atoms with E-state index in [0.717, 1.165) is 11.3 Å². The number of hydrogen-bond donors (Lipinski definition) is 0. The Hall–Kier alpha value is -3.32. The molecule has 1 nitrogen and oxygen atoms in total. The Labute approximate surface area is 204 Å². The third-order valence-corrected chi connectivity index (χ3v) is 7.49. The molecule has 0 aliphatic heterocycles. The van der Waals surface area contributed by atoms with Gasteiger partial charge in [0.1, 0.15) is 12.4 Å². The van der Waals surface area contributed by atoms with E-state index in [1.807, 2.05) is 6.07 Å². The molecule has 0 heterocycles. The highest BCUT2D eigenvalue weighted by molar-refractivity contribution is 5.78. The number of benzene rings is 4. The highest BCUT2D eigenvalue weighted by Gasteiger charge is 2.37. The van der Waals surface area contributed by atoms with Crippen molar-refractivity contribution in [3.8, 4) is 28.0 Å². The fourth-order valence-electron chi connectivity index (χ4n) is 5.18. The van der Waals surface area contributed by atoms with Crippen LogP contribution < -0.4 is 4.74 Å². The SMILES string of the molecule is CC1(C)CCC(C)(C)c2cc(-c3cc(-c4ccccc4)ccc3OCc3ccccc3)ccc21. The summed E-state index contributed by atoms with van der Waals surface area (Å²) >= 11 is 0. The van der Waals surface area contributed by atoms with Gasteiger partial charge in [0.15, 0.2) is 0 Å². The minimum absolute atomic E-state index is 0.170. The van der Waals surface area contributed by atoms with Crippen LogP contribution in [0.3, 0.4) is 0 Å². The summed E-state index contributed by atoms with van der Waals surface area (Å²) in [5.74, 6) is 0.927. The van der Waals surface area contributed by atoms with Gasteiger partial charge < -0.3 is 4.74 Å². The number of hydrogen-bond acceptors (Lipinski definition) is 1. The molecular formula is C33H34O. The first-order chi connectivity index (χ1) is 16.3. The lowest BCUT2D eigenvalue weighted by Crippen LogP contribution is -2.33. The van der Waals surface area contributed by atoms with Crippen LogP contribution in [0.4, 0.5) is 0 Å². The van der Waals surface area contributed by atoms with Crippen LogP contribution in [0.15, 0.2) is 97.1 Å². The normalized spacial score (nSPS) is 16.0. The summed E-state index contributed by atoms with van der Waals surface area (Å²) in [4.78, 5) is 0. The Balaban J connectivity index is 1.61. The largest absolute Gasteiger partial charge is 0.488 e. The smallest absolute Gasteiger partial charge is 0.127 e. The Kier molecular flexibility index (Phi) is 5.81. The van der Waals surface area contributed by atoms with Gasteiger partial charge in [-0.3, -0.25) is 0 Å². The summed E-state index contributed by atoms with van der Waals surface area (Å²) < 4.78 is 6.41. The van der Waals surface area contributed by atoms with Crippen molar-refractivity contribution in [2.75, 3.05) is 0 Å². The average molecular weight is 447 g/mol. The Morgan fingerprint density at radius 1 is 0.588 bits per heavy atom. The lowest BCUT2D eigenvalue weighted by Gasteiger charge is -2.42. The molecule has 0 saturated heterocycles. The van der Waals surface area contributed by atoms with Crippen molar-refractivity contribution in [2.45, 2.75) is 58.0 Å². The molecule has 1 heteroatoms. The molecule has 4 aromatic rings. The molecule has 0 N–H and O–H groups in total. The maximum atomic E-state index is 6.41. The average Bonchev–Trinajstić information content (AvgIpc) is 2.86. The van der Waals surface area contributed by atoms with Gasteiger partial charge in [0.05, 0.1) is 0 Å². The van der Waals surface area contributed by atoms with Crippen LogP contribution in [0.5, 0.6) is 5.75 Å². The predicted molar refractivity (Wildman–Crippen MR) is 143 cm³/mol. The molecule has 0 unspecified atom stereocenters. The first-order valence-corrected chi connectivity index (χ1v) is 12.4. The molecule has 34 heavy (non-hydrogen) atoms. The van der Waals surface area contributed by atoms with E-state index < -0.39 is 0 Å². The van der Waals surface area contributed by atoms with Crippen molar-refractivity contribution in [3.63, 3.8) is 0 Å². The molecular weight excluding hydrogens is 412 g/mol. The third kappa shape index (κ3) is 4.40. The van der Waals surface area contributed by atoms with Crippen LogP contribution in [0, 0.1) is 0 Å². The quantitative estimate of drug-likeness (QED) is 0.297. The molecule has 0 amide bonds. The van der Waals surface area contributed by atoms with Crippen molar-refractivity contribution in [2.24, 2.45) is 0 Å². The first kappa shape index (κ1) is 22.5. The van der Waals surface area contributed by atoms with E-state index in [9.17, 15) is 0 Å². The molecule has 4 aromatic carbocycles. The van der Waals surface area contributed by atoms with Crippen LogP contribution in [-0.4, -0.2) is 0 Å². The second-order valence-electron chi connectivity index (χ2n) is 10.9. The highest BCUT2D eigenvalue weighted by atomic mass is 16.5. The zero-order valence-corrected chi connectivity index (χ0v) is 20.8. The van der Waals surface area contributed by atoms with Crippen LogP contribution >= 0.6 is 0 Å². The zero-order valence-electron chi connectivity index (χ0n) is 20.8. The van der Waals surface area contributed by atoms with Crippen LogP contribution in [0.2, 0.25) is 0 Å². The fourth-order valence-corrected chi connectivity index (χ4v) is 5.18. The summed E-state index contributed by atoms with van der Waals surface area (Å²) in [7, 11) is 0. The minimum Gasteiger partial charge on any atom is -0.488 e. The van der Waals surface area contributed by atoms with E-state index >= 15 is 0 Å². The van der Waals surface area contributed by atoms with Gasteiger partial charge in [0.25, 0.3) is 0 Å². The first-order valence-electron chi connectivity index (χ1n) is 12.4. The van der Waals surface area contributed by atoms with E-state index in [1.165, 1.54) is 46.2 Å². The summed E-state index contributed by atoms with van der Waals surface area (Å²) in [5.41, 5.74) is 9.32. The molecule has 1 aliphatic rings. The van der Waals surface area contributed by atoms with E-state index in [1.54, 1.807) is 0 Å². The van der Waals surface area contributed by atoms with E-state index in [0.29, 0.717) is 6.61 Å². The molecule has 0 fully saturated rings. The standard InChI is InChI=1S/C33H34O/c1-32(2)19-20-33(3,4)30-22-27(15-17-29(30)32)28-21-26(25-13-9-6-10-14-25)16-18-31(28)34-23-24-11-7-5-8-12-24/h5-18,21-22H,19-20,23H2,1-4H3. The molecule has 1 aliphatic carbocycles. The van der Waals surface area contributed by atoms with Crippen molar-refractivity contribution < 1.29 is 4.74 Å². The number of ether oxygens (including phenoxy) is 1. The van der Waals surface area contributed by atoms with Crippen LogP contribution in [0.1, 0.15) is 57.2 Å². The van der Waals surface area contributed by atoms with E-state index in [4.69, 9.17) is 4.74 Å². The summed E-state index contributed by atoms with van der Waals surface area (Å²) in [6.07, 6.45) is 2.43. The Morgan fingerprint density at radius 3 is 1.91 bits per heavy atom. The van der Waals surface area contributed by atoms with Crippen LogP contribution in [-0.2, 0) is 17.4 Å². The van der Waals surface area contributed by atoms with Gasteiger partial charge in [0.2, 0.25) is 0 Å². The topological polar surface area (TPSA) is 9.23 Å². The molecule has 0 atom stereocenters. The predicted octanol–water partition coefficient (Wildman–Crippen LogP) is 8.95. The van der Waals surface area contributed by atoms with Crippen LogP contribution in [0.25, 0.3) is 22.3 Å². The summed E-state index contributed by atoms with van der Waals surface area (Å²) in [6.45, 7) is 10.1. The second kappa shape index (κ2) is 8.80. The van der Waals surface area contributed by atoms with Crippen molar-refractivity contribution in [3.05, 3.63) is 114 Å². The summed E-state index contributed by atoms with van der Waals surface area (Å²) in [6, 6.07) is 34.7. The number of fused-ring (bicyclic) bond motifs is 1. The number of rotatable bonds is 5. The van der Waals surface area contributed by atoms with Gasteiger partial charge in [-0.1, -0.05) is 113 Å². The van der Waals surface area contributed by atoms with E-state index in [-0.39, 0.29) is 10.8 Å². The van der Waals surface area contributed by atoms with Crippen molar-refractivity contribution in [1.29, 1.82) is 0 Å². The maximum absolute atomic E-state index is 6.41. The lowest BCUT2D eigenvalue weighted by atomic mass is 9.63. The fraction of sp³-hybridized carbons (Fsp3) is 0.273. The summed E-state index contributed by atoms with van der Waals surface area (Å²) in [5, 5.41) is 0. The molecule has 0 aromatic heterocycles. The maximum Gasteiger partial charge on any atom is 0.127 e. The van der Waals surface area contributed by atoms with Gasteiger partial charge in [0, 0.05) is 5.56 Å². The Morgan fingerprint density at radius 2 is 1.21 bits per heavy atom. The second-order valence-corrected chi connectivity index (χ2v) is 10.9. The molecule has 0 radical (unpaired) electrons. The Bertz CT molecular complexity index is 1280. The highest BCUT2D eigenvalue weighted by Crippen LogP contribution is 2.47. The van der Waals surface area contributed by atoms with E-state index in [2.05, 4.69) is 119 Å². The minimum atomic E-state index is 0.170. The zero-order chi connectivity index (χ0) is 23.8. The third-order valence-electron chi connectivity index (χ3n) is 7.49. The van der Waals surface area contributed by atoms with Gasteiger partial charge in [-0.15, -0.1) is 0 Å². The van der Waals surface area contributed by atoms with Crippen molar-refractivity contribution in [1.82, 2.24) is 0 Å². The van der Waals surface area contributed by atoms with Gasteiger partial charge in [-0.05, 0) is 69.2 Å². The molecule has 0 saturated carbocycles. The molecule has 0 bridgehead atoms. The lowest BCUT2D eigenvalue weighted by molar-refractivity contribution is 0.307. The molecule has 172 valence electrons. The monoisotopic (exact) mass is 446 g/mol. The van der Waals surface area contributed by atoms with Gasteiger partial charge in [-0.2, -0.15) is 0 Å². The molecule has 0 spiro atoms. The van der Waals surface area contributed by atoms with Gasteiger partial charge in [-0.25, -0.2) is 0 Å². The molecule has 5 rings (SSSR count). The van der Waals surface area contributed by atoms with Crippen molar-refractivity contribution >= 4 is 0 Å². The van der Waals surface area contributed by atoms with Gasteiger partial charge >= 0.3 is 0 Å².